The van der Waals surface area contributed by atoms with E-state index in [4.69, 9.17) is 0 Å². The van der Waals surface area contributed by atoms with Crippen molar-refractivity contribution in [3.63, 3.8) is 0 Å². The molecule has 0 saturated carbocycles. The van der Waals surface area contributed by atoms with Crippen LogP contribution in [0.25, 0.3) is 0 Å². The highest BCUT2D eigenvalue weighted by Crippen LogP contribution is 2.20. The van der Waals surface area contributed by atoms with Crippen LogP contribution in [-0.4, -0.2) is 61.7 Å². The maximum atomic E-state index is 3.59. The van der Waals surface area contributed by atoms with Crippen LogP contribution in [-0.2, 0) is 0 Å². The molecule has 0 amide bonds. The average Bonchev–Trinajstić information content (AvgIpc) is 2.67. The molecule has 0 radical (unpaired) electrons. The minimum Gasteiger partial charge on any atom is -0.315 e. The molecule has 18 heavy (non-hydrogen) atoms. The molecule has 0 aromatic rings. The van der Waals surface area contributed by atoms with E-state index in [1.165, 1.54) is 71.5 Å². The largest absolute Gasteiger partial charge is 0.315 e. The standard InChI is InChI=1S/C15H31N3/c1-14(2)6-7-16-8-12-17-9-4-11-18-10-3-5-15(18)13-17/h14-16H,3-13H2,1-2H3. The van der Waals surface area contributed by atoms with Gasteiger partial charge in [-0.25, -0.2) is 0 Å². The quantitative estimate of drug-likeness (QED) is 0.728. The van der Waals surface area contributed by atoms with Crippen LogP contribution in [0, 0.1) is 5.92 Å². The lowest BCUT2D eigenvalue weighted by molar-refractivity contribution is 0.220. The van der Waals surface area contributed by atoms with Crippen molar-refractivity contribution in [3.8, 4) is 0 Å². The number of rotatable bonds is 6. The Bertz CT molecular complexity index is 230. The van der Waals surface area contributed by atoms with Crippen LogP contribution >= 0.6 is 0 Å². The molecule has 2 aliphatic rings. The Kier molecular flexibility index (Phi) is 5.93. The molecule has 0 aliphatic carbocycles. The van der Waals surface area contributed by atoms with Gasteiger partial charge in [-0.15, -0.1) is 0 Å². The van der Waals surface area contributed by atoms with E-state index >= 15 is 0 Å². The smallest absolute Gasteiger partial charge is 0.0223 e. The van der Waals surface area contributed by atoms with Gasteiger partial charge in [-0.1, -0.05) is 13.8 Å². The molecule has 0 bridgehead atoms. The lowest BCUT2D eigenvalue weighted by atomic mass is 10.1. The number of nitrogens with zero attached hydrogens (tertiary/aromatic N) is 2. The van der Waals surface area contributed by atoms with Crippen molar-refractivity contribution in [3.05, 3.63) is 0 Å². The Balaban J connectivity index is 1.60. The van der Waals surface area contributed by atoms with Gasteiger partial charge in [0.05, 0.1) is 0 Å². The van der Waals surface area contributed by atoms with Crippen molar-refractivity contribution in [2.75, 3.05) is 45.8 Å². The Morgan fingerprint density at radius 2 is 1.94 bits per heavy atom. The first-order valence-electron chi connectivity index (χ1n) is 7.93. The third-order valence-corrected chi connectivity index (χ3v) is 4.39. The summed E-state index contributed by atoms with van der Waals surface area (Å²) in [7, 11) is 0. The third-order valence-electron chi connectivity index (χ3n) is 4.39. The van der Waals surface area contributed by atoms with Gasteiger partial charge in [-0.3, -0.25) is 4.90 Å². The Morgan fingerprint density at radius 3 is 2.78 bits per heavy atom. The summed E-state index contributed by atoms with van der Waals surface area (Å²) >= 11 is 0. The van der Waals surface area contributed by atoms with E-state index in [1.807, 2.05) is 0 Å². The molecule has 0 spiro atoms. The Morgan fingerprint density at radius 1 is 1.11 bits per heavy atom. The summed E-state index contributed by atoms with van der Waals surface area (Å²) in [6.07, 6.45) is 5.52. The van der Waals surface area contributed by atoms with Gasteiger partial charge in [-0.2, -0.15) is 0 Å². The SMILES string of the molecule is CC(C)CCNCCN1CCCN2CCCC2C1. The molecular formula is C15H31N3. The first-order valence-corrected chi connectivity index (χ1v) is 7.93. The monoisotopic (exact) mass is 253 g/mol. The summed E-state index contributed by atoms with van der Waals surface area (Å²) < 4.78 is 0. The second kappa shape index (κ2) is 7.46. The summed E-state index contributed by atoms with van der Waals surface area (Å²) in [6, 6.07) is 0.864. The molecule has 3 nitrogen and oxygen atoms in total. The van der Waals surface area contributed by atoms with Crippen molar-refractivity contribution in [2.45, 2.75) is 45.6 Å². The van der Waals surface area contributed by atoms with E-state index in [0.717, 1.165) is 12.0 Å². The second-order valence-corrected chi connectivity index (χ2v) is 6.42. The fourth-order valence-electron chi connectivity index (χ4n) is 3.24. The fourth-order valence-corrected chi connectivity index (χ4v) is 3.24. The van der Waals surface area contributed by atoms with Crippen molar-refractivity contribution in [1.82, 2.24) is 15.1 Å². The lowest BCUT2D eigenvalue weighted by Crippen LogP contribution is -2.39. The van der Waals surface area contributed by atoms with Gasteiger partial charge >= 0.3 is 0 Å². The maximum Gasteiger partial charge on any atom is 0.0223 e. The number of hydrogen-bond donors (Lipinski definition) is 1. The summed E-state index contributed by atoms with van der Waals surface area (Å²) in [6.45, 7) is 13.5. The molecule has 2 aliphatic heterocycles. The Hall–Kier alpha value is -0.120. The predicted molar refractivity (Wildman–Crippen MR) is 78.0 cm³/mol. The van der Waals surface area contributed by atoms with Crippen molar-refractivity contribution < 1.29 is 0 Å². The zero-order valence-corrected chi connectivity index (χ0v) is 12.3. The van der Waals surface area contributed by atoms with Gasteiger partial charge in [0.1, 0.15) is 0 Å². The third kappa shape index (κ3) is 4.52. The van der Waals surface area contributed by atoms with Crippen LogP contribution in [0.1, 0.15) is 39.5 Å². The van der Waals surface area contributed by atoms with Crippen LogP contribution in [0.5, 0.6) is 0 Å². The van der Waals surface area contributed by atoms with Crippen molar-refractivity contribution in [2.24, 2.45) is 5.92 Å². The number of hydrogen-bond acceptors (Lipinski definition) is 3. The minimum atomic E-state index is 0.822. The molecule has 106 valence electrons. The van der Waals surface area contributed by atoms with E-state index in [0.29, 0.717) is 0 Å². The molecule has 0 aromatic heterocycles. The van der Waals surface area contributed by atoms with Crippen LogP contribution in [0.2, 0.25) is 0 Å². The topological polar surface area (TPSA) is 18.5 Å². The zero-order chi connectivity index (χ0) is 12.8. The van der Waals surface area contributed by atoms with Crippen molar-refractivity contribution >= 4 is 0 Å². The van der Waals surface area contributed by atoms with E-state index in [-0.39, 0.29) is 0 Å². The molecule has 1 unspecified atom stereocenters. The molecular weight excluding hydrogens is 222 g/mol. The maximum absolute atomic E-state index is 3.59. The first-order chi connectivity index (χ1) is 8.75. The van der Waals surface area contributed by atoms with Gasteiger partial charge in [0.2, 0.25) is 0 Å². The van der Waals surface area contributed by atoms with E-state index in [1.54, 1.807) is 0 Å². The van der Waals surface area contributed by atoms with Gasteiger partial charge in [-0.05, 0) is 57.8 Å². The molecule has 0 aromatic carbocycles. The molecule has 1 N–H and O–H groups in total. The fraction of sp³-hybridized carbons (Fsp3) is 1.00. The van der Waals surface area contributed by atoms with E-state index in [2.05, 4.69) is 29.0 Å². The highest BCUT2D eigenvalue weighted by atomic mass is 15.3. The van der Waals surface area contributed by atoms with Crippen LogP contribution in [0.3, 0.4) is 0 Å². The minimum absolute atomic E-state index is 0.822. The Labute approximate surface area is 113 Å². The van der Waals surface area contributed by atoms with E-state index in [9.17, 15) is 0 Å². The van der Waals surface area contributed by atoms with Gasteiger partial charge < -0.3 is 10.2 Å². The van der Waals surface area contributed by atoms with Crippen LogP contribution in [0.15, 0.2) is 0 Å². The normalized spacial score (nSPS) is 26.5. The molecule has 2 saturated heterocycles. The highest BCUT2D eigenvalue weighted by molar-refractivity contribution is 4.84. The first kappa shape index (κ1) is 14.3. The number of nitrogens with one attached hydrogen (secondary N) is 1. The summed E-state index contributed by atoms with van der Waals surface area (Å²) in [4.78, 5) is 5.39. The summed E-state index contributed by atoms with van der Waals surface area (Å²) in [5.41, 5.74) is 0. The van der Waals surface area contributed by atoms with Crippen LogP contribution in [0.4, 0.5) is 0 Å². The van der Waals surface area contributed by atoms with Gasteiger partial charge in [0, 0.05) is 25.7 Å². The highest BCUT2D eigenvalue weighted by Gasteiger charge is 2.28. The molecule has 1 atom stereocenters. The average molecular weight is 253 g/mol. The van der Waals surface area contributed by atoms with Gasteiger partial charge in [0.15, 0.2) is 0 Å². The summed E-state index contributed by atoms with van der Waals surface area (Å²) in [5, 5.41) is 3.59. The van der Waals surface area contributed by atoms with Crippen molar-refractivity contribution in [1.29, 1.82) is 0 Å². The van der Waals surface area contributed by atoms with Gasteiger partial charge in [0.25, 0.3) is 0 Å². The second-order valence-electron chi connectivity index (χ2n) is 6.42. The molecule has 3 heteroatoms. The zero-order valence-electron chi connectivity index (χ0n) is 12.3. The summed E-state index contributed by atoms with van der Waals surface area (Å²) in [5.74, 6) is 0.822. The van der Waals surface area contributed by atoms with Crippen LogP contribution < -0.4 is 5.32 Å². The molecule has 2 rings (SSSR count). The van der Waals surface area contributed by atoms with E-state index < -0.39 is 0 Å². The molecule has 2 heterocycles. The predicted octanol–water partition coefficient (Wildman–Crippen LogP) is 1.79. The molecule has 2 fully saturated rings. The number of fused-ring (bicyclic) bond motifs is 1. The lowest BCUT2D eigenvalue weighted by Gasteiger charge is -2.25.